The van der Waals surface area contributed by atoms with Crippen molar-refractivity contribution in [2.24, 2.45) is 11.3 Å². The number of nitrogens with zero attached hydrogens (tertiary/aromatic N) is 2. The van der Waals surface area contributed by atoms with E-state index in [1.165, 1.54) is 0 Å². The molecule has 1 rings (SSSR count). The number of hydrogen-bond acceptors (Lipinski definition) is 4. The lowest BCUT2D eigenvalue weighted by molar-refractivity contribution is 0.400. The third-order valence-electron chi connectivity index (χ3n) is 2.02. The zero-order valence-electron chi connectivity index (χ0n) is 9.96. The number of hydrogen-bond donors (Lipinski definition) is 2. The zero-order chi connectivity index (χ0) is 11.5. The number of aryl methyl sites for hydroxylation is 1. The molecule has 0 aliphatic carbocycles. The lowest BCUT2D eigenvalue weighted by Gasteiger charge is -2.17. The topological polar surface area (TPSA) is 63.8 Å². The van der Waals surface area contributed by atoms with Gasteiger partial charge in [-0.05, 0) is 11.8 Å². The van der Waals surface area contributed by atoms with Crippen LogP contribution in [0, 0.1) is 5.41 Å². The van der Waals surface area contributed by atoms with Crippen LogP contribution in [-0.2, 0) is 12.8 Å². The van der Waals surface area contributed by atoms with E-state index in [1.807, 2.05) is 6.07 Å². The molecular weight excluding hydrogens is 188 g/mol. The minimum atomic E-state index is 0.193. The Morgan fingerprint density at radius 1 is 1.33 bits per heavy atom. The van der Waals surface area contributed by atoms with Crippen molar-refractivity contribution >= 4 is 5.82 Å². The van der Waals surface area contributed by atoms with Crippen molar-refractivity contribution in [3.8, 4) is 0 Å². The Morgan fingerprint density at radius 3 is 2.47 bits per heavy atom. The molecular formula is C11H20N4. The molecule has 0 aromatic carbocycles. The molecule has 0 spiro atoms. The van der Waals surface area contributed by atoms with Crippen molar-refractivity contribution in [2.45, 2.75) is 40.5 Å². The number of aromatic nitrogens is 2. The minimum Gasteiger partial charge on any atom is -0.308 e. The van der Waals surface area contributed by atoms with Crippen LogP contribution in [0.1, 0.15) is 39.2 Å². The van der Waals surface area contributed by atoms with Crippen LogP contribution in [-0.4, -0.2) is 9.97 Å². The Labute approximate surface area is 91.3 Å². The van der Waals surface area contributed by atoms with Gasteiger partial charge in [-0.25, -0.2) is 15.8 Å². The third-order valence-corrected chi connectivity index (χ3v) is 2.02. The van der Waals surface area contributed by atoms with Gasteiger partial charge in [-0.1, -0.05) is 27.7 Å². The Morgan fingerprint density at radius 2 is 2.00 bits per heavy atom. The molecule has 0 aliphatic rings. The van der Waals surface area contributed by atoms with Crippen LogP contribution in [0.4, 0.5) is 5.82 Å². The highest BCUT2D eigenvalue weighted by Gasteiger charge is 2.14. The zero-order valence-corrected chi connectivity index (χ0v) is 9.96. The molecule has 1 aromatic heterocycles. The molecule has 0 atom stereocenters. The molecule has 0 unspecified atom stereocenters. The van der Waals surface area contributed by atoms with Gasteiger partial charge in [0.15, 0.2) is 0 Å². The van der Waals surface area contributed by atoms with Crippen LogP contribution in [0.3, 0.4) is 0 Å². The first-order valence-electron chi connectivity index (χ1n) is 5.28. The Kier molecular flexibility index (Phi) is 3.63. The van der Waals surface area contributed by atoms with Crippen LogP contribution in [0.5, 0.6) is 0 Å². The summed E-state index contributed by atoms with van der Waals surface area (Å²) in [6, 6.07) is 1.88. The van der Waals surface area contributed by atoms with Crippen molar-refractivity contribution < 1.29 is 0 Å². The number of rotatable bonds is 3. The van der Waals surface area contributed by atoms with Gasteiger partial charge in [0.2, 0.25) is 0 Å². The third kappa shape index (κ3) is 3.83. The summed E-state index contributed by atoms with van der Waals surface area (Å²) in [7, 11) is 0. The van der Waals surface area contributed by atoms with Gasteiger partial charge in [0.25, 0.3) is 0 Å². The fourth-order valence-electron chi connectivity index (χ4n) is 1.36. The molecule has 0 fully saturated rings. The van der Waals surface area contributed by atoms with Crippen LogP contribution in [0.15, 0.2) is 6.07 Å². The average molecular weight is 208 g/mol. The van der Waals surface area contributed by atoms with E-state index in [1.54, 1.807) is 0 Å². The summed E-state index contributed by atoms with van der Waals surface area (Å²) in [5, 5.41) is 0. The van der Waals surface area contributed by atoms with E-state index in [9.17, 15) is 0 Å². The van der Waals surface area contributed by atoms with Crippen molar-refractivity contribution in [3.63, 3.8) is 0 Å². The van der Waals surface area contributed by atoms with Crippen LogP contribution >= 0.6 is 0 Å². The van der Waals surface area contributed by atoms with Gasteiger partial charge in [0.05, 0.1) is 0 Å². The van der Waals surface area contributed by atoms with Gasteiger partial charge in [-0.2, -0.15) is 0 Å². The predicted molar refractivity (Wildman–Crippen MR) is 62.4 cm³/mol. The maximum Gasteiger partial charge on any atom is 0.143 e. The van der Waals surface area contributed by atoms with Crippen LogP contribution in [0.2, 0.25) is 0 Å². The van der Waals surface area contributed by atoms with E-state index in [0.29, 0.717) is 5.82 Å². The van der Waals surface area contributed by atoms with Crippen LogP contribution < -0.4 is 11.3 Å². The summed E-state index contributed by atoms with van der Waals surface area (Å²) in [6.07, 6.45) is 1.75. The minimum absolute atomic E-state index is 0.193. The molecule has 1 heterocycles. The molecule has 1 aromatic rings. The van der Waals surface area contributed by atoms with E-state index in [-0.39, 0.29) is 5.41 Å². The van der Waals surface area contributed by atoms with Crippen LogP contribution in [0.25, 0.3) is 0 Å². The second-order valence-corrected chi connectivity index (χ2v) is 4.90. The fraction of sp³-hybridized carbons (Fsp3) is 0.636. The van der Waals surface area contributed by atoms with Gasteiger partial charge >= 0.3 is 0 Å². The van der Waals surface area contributed by atoms with Gasteiger partial charge in [-0.3, -0.25) is 0 Å². The Bertz CT molecular complexity index is 306. The SMILES string of the molecule is CCc1cc(NN)nc(CC(C)(C)C)n1. The lowest BCUT2D eigenvalue weighted by Crippen LogP contribution is -2.16. The molecule has 4 nitrogen and oxygen atoms in total. The average Bonchev–Trinajstić information content (AvgIpc) is 2.14. The molecule has 0 amide bonds. The summed E-state index contributed by atoms with van der Waals surface area (Å²) in [6.45, 7) is 8.59. The lowest BCUT2D eigenvalue weighted by atomic mass is 9.92. The number of nitrogens with one attached hydrogen (secondary N) is 1. The number of nitrogen functional groups attached to an aromatic ring is 1. The van der Waals surface area contributed by atoms with Crippen molar-refractivity contribution in [1.29, 1.82) is 0 Å². The fourth-order valence-corrected chi connectivity index (χ4v) is 1.36. The Balaban J connectivity index is 2.97. The molecule has 0 aliphatic heterocycles. The maximum atomic E-state index is 5.37. The van der Waals surface area contributed by atoms with Crippen molar-refractivity contribution in [1.82, 2.24) is 9.97 Å². The highest BCUT2D eigenvalue weighted by Crippen LogP contribution is 2.19. The van der Waals surface area contributed by atoms with Gasteiger partial charge in [0.1, 0.15) is 11.6 Å². The second-order valence-electron chi connectivity index (χ2n) is 4.90. The summed E-state index contributed by atoms with van der Waals surface area (Å²) in [5.74, 6) is 6.92. The monoisotopic (exact) mass is 208 g/mol. The van der Waals surface area contributed by atoms with Gasteiger partial charge in [-0.15, -0.1) is 0 Å². The molecule has 0 saturated carbocycles. The largest absolute Gasteiger partial charge is 0.308 e. The normalized spacial score (nSPS) is 11.5. The summed E-state index contributed by atoms with van der Waals surface area (Å²) >= 11 is 0. The van der Waals surface area contributed by atoms with E-state index < -0.39 is 0 Å². The molecule has 0 bridgehead atoms. The standard InChI is InChI=1S/C11H20N4/c1-5-8-6-9(15-12)14-10(13-8)7-11(2,3)4/h6H,5,7,12H2,1-4H3,(H,13,14,15). The summed E-state index contributed by atoms with van der Waals surface area (Å²) in [5.41, 5.74) is 3.79. The molecule has 0 radical (unpaired) electrons. The molecule has 84 valence electrons. The highest BCUT2D eigenvalue weighted by atomic mass is 15.3. The highest BCUT2D eigenvalue weighted by molar-refractivity contribution is 5.34. The maximum absolute atomic E-state index is 5.37. The molecule has 15 heavy (non-hydrogen) atoms. The molecule has 3 N–H and O–H groups in total. The quantitative estimate of drug-likeness (QED) is 0.588. The van der Waals surface area contributed by atoms with Crippen molar-refractivity contribution in [2.75, 3.05) is 5.43 Å². The number of anilines is 1. The first-order chi connectivity index (χ1) is 6.94. The molecule has 4 heteroatoms. The second kappa shape index (κ2) is 4.57. The predicted octanol–water partition coefficient (Wildman–Crippen LogP) is 1.91. The first-order valence-corrected chi connectivity index (χ1v) is 5.28. The van der Waals surface area contributed by atoms with E-state index >= 15 is 0 Å². The van der Waals surface area contributed by atoms with Gasteiger partial charge in [0, 0.05) is 18.2 Å². The van der Waals surface area contributed by atoms with E-state index in [2.05, 4.69) is 43.1 Å². The number of nitrogens with two attached hydrogens (primary N) is 1. The molecule has 0 saturated heterocycles. The van der Waals surface area contributed by atoms with Gasteiger partial charge < -0.3 is 5.43 Å². The summed E-state index contributed by atoms with van der Waals surface area (Å²) < 4.78 is 0. The van der Waals surface area contributed by atoms with Crippen molar-refractivity contribution in [3.05, 3.63) is 17.6 Å². The summed E-state index contributed by atoms with van der Waals surface area (Å²) in [4.78, 5) is 8.82. The van der Waals surface area contributed by atoms with E-state index in [4.69, 9.17) is 5.84 Å². The Hall–Kier alpha value is -1.16. The number of hydrazine groups is 1. The smallest absolute Gasteiger partial charge is 0.143 e. The first kappa shape index (κ1) is 11.9. The van der Waals surface area contributed by atoms with E-state index in [0.717, 1.165) is 24.4 Å².